The minimum absolute atomic E-state index is 0.0883. The van der Waals surface area contributed by atoms with Gasteiger partial charge in [-0.2, -0.15) is 0 Å². The molecule has 0 unspecified atom stereocenters. The average molecular weight is 316 g/mol. The Kier molecular flexibility index (Phi) is 5.89. The van der Waals surface area contributed by atoms with Crippen LogP contribution in [-0.4, -0.2) is 50.5 Å². The maximum absolute atomic E-state index is 11.2. The highest BCUT2D eigenvalue weighted by molar-refractivity contribution is 7.90. The standard InChI is InChI=1S/C12H20N4O4S/c1-4-7-13-11-6-5-10(16(17)18)12(14-11)15(2)8-9-21(3,19)20/h5-6H,4,7-9H2,1-3H3,(H,13,14). The average Bonchev–Trinajstić information content (AvgIpc) is 2.41. The van der Waals surface area contributed by atoms with E-state index in [1.807, 2.05) is 6.92 Å². The zero-order chi connectivity index (χ0) is 16.0. The van der Waals surface area contributed by atoms with Crippen LogP contribution in [0.1, 0.15) is 13.3 Å². The second kappa shape index (κ2) is 7.21. The third kappa shape index (κ3) is 5.54. The van der Waals surface area contributed by atoms with Crippen molar-refractivity contribution in [2.24, 2.45) is 0 Å². The Balaban J connectivity index is 3.01. The molecular weight excluding hydrogens is 296 g/mol. The number of nitrogens with zero attached hydrogens (tertiary/aromatic N) is 3. The number of hydrogen-bond acceptors (Lipinski definition) is 7. The predicted octanol–water partition coefficient (Wildman–Crippen LogP) is 1.29. The number of pyridine rings is 1. The molecule has 0 saturated heterocycles. The molecule has 1 aromatic heterocycles. The van der Waals surface area contributed by atoms with E-state index < -0.39 is 14.8 Å². The van der Waals surface area contributed by atoms with Gasteiger partial charge in [0.05, 0.1) is 10.7 Å². The molecule has 0 fully saturated rings. The van der Waals surface area contributed by atoms with Crippen LogP contribution in [0.15, 0.2) is 12.1 Å². The van der Waals surface area contributed by atoms with Gasteiger partial charge in [-0.3, -0.25) is 10.1 Å². The molecule has 1 heterocycles. The minimum atomic E-state index is -3.14. The zero-order valence-electron chi connectivity index (χ0n) is 12.4. The van der Waals surface area contributed by atoms with Gasteiger partial charge in [0.2, 0.25) is 5.82 Å². The second-order valence-corrected chi connectivity index (χ2v) is 7.03. The fourth-order valence-electron chi connectivity index (χ4n) is 1.62. The number of rotatable bonds is 8. The molecule has 1 rings (SSSR count). The van der Waals surface area contributed by atoms with Gasteiger partial charge < -0.3 is 10.2 Å². The van der Waals surface area contributed by atoms with Crippen molar-refractivity contribution in [3.63, 3.8) is 0 Å². The molecule has 118 valence electrons. The molecule has 0 aliphatic heterocycles. The monoisotopic (exact) mass is 316 g/mol. The van der Waals surface area contributed by atoms with E-state index in [1.165, 1.54) is 11.0 Å². The van der Waals surface area contributed by atoms with Gasteiger partial charge in [-0.1, -0.05) is 6.92 Å². The highest BCUT2D eigenvalue weighted by atomic mass is 32.2. The molecule has 1 aromatic rings. The van der Waals surface area contributed by atoms with E-state index in [0.717, 1.165) is 12.7 Å². The lowest BCUT2D eigenvalue weighted by atomic mass is 10.3. The summed E-state index contributed by atoms with van der Waals surface area (Å²) in [5.41, 5.74) is -0.145. The third-order valence-corrected chi connectivity index (χ3v) is 3.69. The fraction of sp³-hybridized carbons (Fsp3) is 0.583. The molecule has 0 saturated carbocycles. The molecule has 0 aromatic carbocycles. The Labute approximate surface area is 124 Å². The number of nitro groups is 1. The maximum Gasteiger partial charge on any atom is 0.311 e. The van der Waals surface area contributed by atoms with Crippen molar-refractivity contribution in [1.29, 1.82) is 0 Å². The summed E-state index contributed by atoms with van der Waals surface area (Å²) >= 11 is 0. The van der Waals surface area contributed by atoms with Gasteiger partial charge >= 0.3 is 5.69 Å². The number of anilines is 2. The molecule has 0 bridgehead atoms. The molecule has 0 spiro atoms. The van der Waals surface area contributed by atoms with Gasteiger partial charge in [0, 0.05) is 32.5 Å². The van der Waals surface area contributed by atoms with Gasteiger partial charge in [-0.15, -0.1) is 0 Å². The number of sulfone groups is 1. The summed E-state index contributed by atoms with van der Waals surface area (Å²) in [4.78, 5) is 16.2. The van der Waals surface area contributed by atoms with Gasteiger partial charge in [-0.25, -0.2) is 13.4 Å². The van der Waals surface area contributed by atoms with Crippen LogP contribution >= 0.6 is 0 Å². The summed E-state index contributed by atoms with van der Waals surface area (Å²) in [7, 11) is -1.55. The largest absolute Gasteiger partial charge is 0.370 e. The van der Waals surface area contributed by atoms with Crippen LogP contribution < -0.4 is 10.2 Å². The summed E-state index contributed by atoms with van der Waals surface area (Å²) in [6, 6.07) is 2.92. The Bertz CT molecular complexity index is 603. The van der Waals surface area contributed by atoms with Gasteiger partial charge in [0.15, 0.2) is 0 Å². The first-order chi connectivity index (χ1) is 9.74. The third-order valence-electron chi connectivity index (χ3n) is 2.77. The number of nitrogens with one attached hydrogen (secondary N) is 1. The summed E-state index contributed by atoms with van der Waals surface area (Å²) in [5.74, 6) is 0.600. The van der Waals surface area contributed by atoms with E-state index in [-0.39, 0.29) is 23.8 Å². The molecule has 0 atom stereocenters. The molecule has 9 heteroatoms. The zero-order valence-corrected chi connectivity index (χ0v) is 13.2. The highest BCUT2D eigenvalue weighted by Crippen LogP contribution is 2.26. The van der Waals surface area contributed by atoms with Crippen LogP contribution in [0.2, 0.25) is 0 Å². The Morgan fingerprint density at radius 2 is 2.10 bits per heavy atom. The van der Waals surface area contributed by atoms with Crippen molar-refractivity contribution in [2.45, 2.75) is 13.3 Å². The predicted molar refractivity (Wildman–Crippen MR) is 82.7 cm³/mol. The topological polar surface area (TPSA) is 105 Å². The van der Waals surface area contributed by atoms with Crippen LogP contribution in [0.4, 0.5) is 17.3 Å². The first-order valence-electron chi connectivity index (χ1n) is 6.52. The first-order valence-corrected chi connectivity index (χ1v) is 8.59. The normalized spacial score (nSPS) is 11.2. The molecule has 0 amide bonds. The van der Waals surface area contributed by atoms with E-state index in [2.05, 4.69) is 10.3 Å². The summed E-state index contributed by atoms with van der Waals surface area (Å²) in [6.45, 7) is 2.85. The van der Waals surface area contributed by atoms with E-state index >= 15 is 0 Å². The lowest BCUT2D eigenvalue weighted by Crippen LogP contribution is -2.26. The van der Waals surface area contributed by atoms with Gasteiger partial charge in [-0.05, 0) is 12.5 Å². The lowest BCUT2D eigenvalue weighted by Gasteiger charge is -2.18. The summed E-state index contributed by atoms with van der Waals surface area (Å²) in [6.07, 6.45) is 2.03. The quantitative estimate of drug-likeness (QED) is 0.569. The van der Waals surface area contributed by atoms with Crippen molar-refractivity contribution in [2.75, 3.05) is 42.4 Å². The van der Waals surface area contributed by atoms with Gasteiger partial charge in [0.1, 0.15) is 15.7 Å². The van der Waals surface area contributed by atoms with E-state index in [4.69, 9.17) is 0 Å². The summed E-state index contributed by atoms with van der Waals surface area (Å²) < 4.78 is 22.4. The van der Waals surface area contributed by atoms with Crippen molar-refractivity contribution in [3.05, 3.63) is 22.2 Å². The number of hydrogen-bond donors (Lipinski definition) is 1. The Hall–Kier alpha value is -1.90. The molecule has 0 radical (unpaired) electrons. The van der Waals surface area contributed by atoms with E-state index in [9.17, 15) is 18.5 Å². The van der Waals surface area contributed by atoms with Crippen LogP contribution in [0.25, 0.3) is 0 Å². The first kappa shape index (κ1) is 17.2. The van der Waals surface area contributed by atoms with Gasteiger partial charge in [0.25, 0.3) is 0 Å². The SMILES string of the molecule is CCCNc1ccc([N+](=O)[O-])c(N(C)CCS(C)(=O)=O)n1. The number of aromatic nitrogens is 1. The van der Waals surface area contributed by atoms with Crippen LogP contribution in [-0.2, 0) is 9.84 Å². The summed E-state index contributed by atoms with van der Waals surface area (Å²) in [5, 5.41) is 14.1. The fourth-order valence-corrected chi connectivity index (χ4v) is 2.23. The van der Waals surface area contributed by atoms with Crippen LogP contribution in [0.5, 0.6) is 0 Å². The molecule has 21 heavy (non-hydrogen) atoms. The van der Waals surface area contributed by atoms with E-state index in [1.54, 1.807) is 13.1 Å². The van der Waals surface area contributed by atoms with Crippen molar-refractivity contribution in [1.82, 2.24) is 4.98 Å². The van der Waals surface area contributed by atoms with E-state index in [0.29, 0.717) is 12.4 Å². The minimum Gasteiger partial charge on any atom is -0.370 e. The van der Waals surface area contributed by atoms with Crippen molar-refractivity contribution in [3.8, 4) is 0 Å². The molecule has 0 aliphatic rings. The van der Waals surface area contributed by atoms with Crippen LogP contribution in [0, 0.1) is 10.1 Å². The van der Waals surface area contributed by atoms with Crippen molar-refractivity contribution >= 4 is 27.2 Å². The smallest absolute Gasteiger partial charge is 0.311 e. The lowest BCUT2D eigenvalue weighted by molar-refractivity contribution is -0.384. The van der Waals surface area contributed by atoms with Crippen molar-refractivity contribution < 1.29 is 13.3 Å². The molecular formula is C12H20N4O4S. The molecule has 8 nitrogen and oxygen atoms in total. The Morgan fingerprint density at radius 3 is 2.62 bits per heavy atom. The molecule has 1 N–H and O–H groups in total. The van der Waals surface area contributed by atoms with Crippen LogP contribution in [0.3, 0.4) is 0 Å². The molecule has 0 aliphatic carbocycles. The highest BCUT2D eigenvalue weighted by Gasteiger charge is 2.20. The Morgan fingerprint density at radius 1 is 1.43 bits per heavy atom. The maximum atomic E-state index is 11.2. The second-order valence-electron chi connectivity index (χ2n) is 4.77.